The number of aromatic nitrogens is 1. The standard InChI is InChI=1S/C29H32BrN5O2/c1-3-33-14-16-34(17-15-33)21-35(29(37)23-6-4-7-25(30)18-23)27-9-5-8-26(19-27)32-28(36)11-10-24-20-31-13-12-22(24)2/h4-13,18-20H,3,14-17,21H2,1-2H3,(H,32,36). The molecule has 192 valence electrons. The summed E-state index contributed by atoms with van der Waals surface area (Å²) in [5, 5.41) is 2.92. The summed E-state index contributed by atoms with van der Waals surface area (Å²) in [7, 11) is 0. The van der Waals surface area contributed by atoms with Crippen molar-refractivity contribution in [1.29, 1.82) is 0 Å². The summed E-state index contributed by atoms with van der Waals surface area (Å²) in [5.74, 6) is -0.337. The van der Waals surface area contributed by atoms with Crippen LogP contribution in [-0.2, 0) is 4.79 Å². The third-order valence-electron chi connectivity index (χ3n) is 6.49. The van der Waals surface area contributed by atoms with E-state index in [-0.39, 0.29) is 11.8 Å². The van der Waals surface area contributed by atoms with Crippen molar-refractivity contribution in [1.82, 2.24) is 14.8 Å². The number of anilines is 2. The highest BCUT2D eigenvalue weighted by Gasteiger charge is 2.24. The van der Waals surface area contributed by atoms with Crippen molar-refractivity contribution < 1.29 is 9.59 Å². The predicted octanol–water partition coefficient (Wildman–Crippen LogP) is 5.05. The average molecular weight is 563 g/mol. The zero-order valence-electron chi connectivity index (χ0n) is 21.2. The maximum atomic E-state index is 13.7. The molecule has 2 aromatic carbocycles. The number of nitrogens with zero attached hydrogens (tertiary/aromatic N) is 4. The first-order valence-electron chi connectivity index (χ1n) is 12.4. The Balaban J connectivity index is 1.54. The third-order valence-corrected chi connectivity index (χ3v) is 6.98. The summed E-state index contributed by atoms with van der Waals surface area (Å²) >= 11 is 3.48. The van der Waals surface area contributed by atoms with Crippen molar-refractivity contribution in [3.63, 3.8) is 0 Å². The molecular formula is C29H32BrN5O2. The summed E-state index contributed by atoms with van der Waals surface area (Å²) < 4.78 is 0.853. The van der Waals surface area contributed by atoms with Crippen LogP contribution in [0.4, 0.5) is 11.4 Å². The van der Waals surface area contributed by atoms with Gasteiger partial charge in [0.25, 0.3) is 5.91 Å². The van der Waals surface area contributed by atoms with E-state index in [0.29, 0.717) is 17.9 Å². The molecule has 3 aromatic rings. The molecule has 0 atom stereocenters. The highest BCUT2D eigenvalue weighted by atomic mass is 79.9. The van der Waals surface area contributed by atoms with Crippen molar-refractivity contribution in [3.8, 4) is 0 Å². The first-order valence-corrected chi connectivity index (χ1v) is 13.2. The summed E-state index contributed by atoms with van der Waals surface area (Å²) in [5.41, 5.74) is 3.89. The van der Waals surface area contributed by atoms with Crippen LogP contribution < -0.4 is 10.2 Å². The van der Waals surface area contributed by atoms with Crippen molar-refractivity contribution in [2.24, 2.45) is 0 Å². The second-order valence-electron chi connectivity index (χ2n) is 9.04. The van der Waals surface area contributed by atoms with E-state index in [4.69, 9.17) is 0 Å². The summed E-state index contributed by atoms with van der Waals surface area (Å²) in [6.07, 6.45) is 6.70. The van der Waals surface area contributed by atoms with Gasteiger partial charge in [-0.05, 0) is 73.1 Å². The summed E-state index contributed by atoms with van der Waals surface area (Å²) in [4.78, 5) is 36.9. The van der Waals surface area contributed by atoms with E-state index in [1.807, 2.05) is 61.5 Å². The Morgan fingerprint density at radius 2 is 1.81 bits per heavy atom. The van der Waals surface area contributed by atoms with Crippen LogP contribution in [0, 0.1) is 6.92 Å². The number of hydrogen-bond donors (Lipinski definition) is 1. The second-order valence-corrected chi connectivity index (χ2v) is 9.96. The Labute approximate surface area is 226 Å². The Kier molecular flexibility index (Phi) is 9.22. The molecule has 0 spiro atoms. The number of halogens is 1. The van der Waals surface area contributed by atoms with Crippen LogP contribution in [0.2, 0.25) is 0 Å². The first kappa shape index (κ1) is 26.7. The molecule has 1 saturated heterocycles. The van der Waals surface area contributed by atoms with Crippen LogP contribution in [-0.4, -0.2) is 66.0 Å². The molecule has 0 unspecified atom stereocenters. The van der Waals surface area contributed by atoms with Crippen LogP contribution in [0.25, 0.3) is 6.08 Å². The lowest BCUT2D eigenvalue weighted by molar-refractivity contribution is -0.111. The second kappa shape index (κ2) is 12.8. The summed E-state index contributed by atoms with van der Waals surface area (Å²) in [6, 6.07) is 16.8. The number of piperazine rings is 1. The van der Waals surface area contributed by atoms with Gasteiger partial charge in [-0.3, -0.25) is 24.4 Å². The fourth-order valence-electron chi connectivity index (χ4n) is 4.24. The Bertz CT molecular complexity index is 1270. The monoisotopic (exact) mass is 561 g/mol. The molecule has 1 aromatic heterocycles. The molecule has 0 saturated carbocycles. The topological polar surface area (TPSA) is 68.8 Å². The Morgan fingerprint density at radius 3 is 2.54 bits per heavy atom. The fraction of sp³-hybridized carbons (Fsp3) is 0.276. The number of pyridine rings is 1. The molecule has 4 rings (SSSR count). The lowest BCUT2D eigenvalue weighted by atomic mass is 10.1. The zero-order chi connectivity index (χ0) is 26.2. The van der Waals surface area contributed by atoms with Gasteiger partial charge in [0.2, 0.25) is 5.91 Å². The van der Waals surface area contributed by atoms with E-state index in [2.05, 4.69) is 43.0 Å². The van der Waals surface area contributed by atoms with Gasteiger partial charge in [0.1, 0.15) is 0 Å². The fourth-order valence-corrected chi connectivity index (χ4v) is 4.64. The number of carbonyl (C=O) groups excluding carboxylic acids is 2. The number of amides is 2. The maximum Gasteiger partial charge on any atom is 0.259 e. The van der Waals surface area contributed by atoms with Crippen LogP contribution in [0.5, 0.6) is 0 Å². The number of aryl methyl sites for hydroxylation is 1. The lowest BCUT2D eigenvalue weighted by Gasteiger charge is -2.37. The molecule has 0 aliphatic carbocycles. The van der Waals surface area contributed by atoms with Gasteiger partial charge in [0.15, 0.2) is 0 Å². The van der Waals surface area contributed by atoms with Gasteiger partial charge >= 0.3 is 0 Å². The molecular weight excluding hydrogens is 530 g/mol. The van der Waals surface area contributed by atoms with Gasteiger partial charge in [0, 0.05) is 66.1 Å². The van der Waals surface area contributed by atoms with Crippen LogP contribution in [0.15, 0.2) is 77.5 Å². The first-order chi connectivity index (χ1) is 17.9. The van der Waals surface area contributed by atoms with Crippen LogP contribution in [0.1, 0.15) is 28.4 Å². The van der Waals surface area contributed by atoms with Gasteiger partial charge in [-0.25, -0.2) is 0 Å². The van der Waals surface area contributed by atoms with Gasteiger partial charge in [-0.2, -0.15) is 0 Å². The minimum absolute atomic E-state index is 0.0883. The van der Waals surface area contributed by atoms with E-state index < -0.39 is 0 Å². The van der Waals surface area contributed by atoms with Crippen molar-refractivity contribution >= 4 is 45.2 Å². The Morgan fingerprint density at radius 1 is 1.05 bits per heavy atom. The van der Waals surface area contributed by atoms with E-state index in [1.165, 1.54) is 6.08 Å². The number of benzene rings is 2. The quantitative estimate of drug-likeness (QED) is 0.390. The normalized spacial score (nSPS) is 14.6. The number of carbonyl (C=O) groups is 2. The highest BCUT2D eigenvalue weighted by molar-refractivity contribution is 9.10. The highest BCUT2D eigenvalue weighted by Crippen LogP contribution is 2.24. The molecule has 8 heteroatoms. The molecule has 1 aliphatic rings. The van der Waals surface area contributed by atoms with E-state index in [0.717, 1.165) is 54.0 Å². The van der Waals surface area contributed by atoms with Gasteiger partial charge in [0.05, 0.1) is 6.67 Å². The number of hydrogen-bond acceptors (Lipinski definition) is 5. The van der Waals surface area contributed by atoms with Crippen LogP contribution >= 0.6 is 15.9 Å². The SMILES string of the molecule is CCN1CCN(CN(C(=O)c2cccc(Br)c2)c2cccc(NC(=O)C=Cc3cnccc3C)c2)CC1. The molecule has 7 nitrogen and oxygen atoms in total. The molecule has 0 bridgehead atoms. The Hall–Kier alpha value is -3.33. The smallest absolute Gasteiger partial charge is 0.259 e. The van der Waals surface area contributed by atoms with Gasteiger partial charge in [-0.1, -0.05) is 35.0 Å². The van der Waals surface area contributed by atoms with Gasteiger partial charge in [-0.15, -0.1) is 0 Å². The van der Waals surface area contributed by atoms with E-state index in [1.54, 1.807) is 23.4 Å². The van der Waals surface area contributed by atoms with Crippen molar-refractivity contribution in [2.75, 3.05) is 49.6 Å². The lowest BCUT2D eigenvalue weighted by Crippen LogP contribution is -2.51. The predicted molar refractivity (Wildman–Crippen MR) is 153 cm³/mol. The van der Waals surface area contributed by atoms with Crippen LogP contribution in [0.3, 0.4) is 0 Å². The maximum absolute atomic E-state index is 13.7. The minimum Gasteiger partial charge on any atom is -0.322 e. The number of rotatable bonds is 8. The largest absolute Gasteiger partial charge is 0.322 e. The summed E-state index contributed by atoms with van der Waals surface area (Å²) in [6.45, 7) is 9.40. The molecule has 0 radical (unpaired) electrons. The zero-order valence-corrected chi connectivity index (χ0v) is 22.8. The number of nitrogens with one attached hydrogen (secondary N) is 1. The van der Waals surface area contributed by atoms with Crippen molar-refractivity contribution in [2.45, 2.75) is 13.8 Å². The van der Waals surface area contributed by atoms with E-state index >= 15 is 0 Å². The molecule has 37 heavy (non-hydrogen) atoms. The molecule has 2 amide bonds. The molecule has 1 N–H and O–H groups in total. The molecule has 1 aliphatic heterocycles. The third kappa shape index (κ3) is 7.35. The molecule has 1 fully saturated rings. The van der Waals surface area contributed by atoms with Crippen molar-refractivity contribution in [3.05, 3.63) is 94.2 Å². The minimum atomic E-state index is -0.249. The van der Waals surface area contributed by atoms with E-state index in [9.17, 15) is 9.59 Å². The number of likely N-dealkylation sites (N-methyl/N-ethyl adjacent to an activating group) is 1. The molecule has 2 heterocycles. The average Bonchev–Trinajstić information content (AvgIpc) is 2.91. The van der Waals surface area contributed by atoms with Gasteiger partial charge < -0.3 is 10.2 Å².